The van der Waals surface area contributed by atoms with Gasteiger partial charge < -0.3 is 0 Å². The van der Waals surface area contributed by atoms with Crippen LogP contribution in [0.2, 0.25) is 0 Å². The average Bonchev–Trinajstić information content (AvgIpc) is 2.78. The molecule has 120 valence electrons. The summed E-state index contributed by atoms with van der Waals surface area (Å²) in [5.41, 5.74) is -1.36. The van der Waals surface area contributed by atoms with Crippen molar-refractivity contribution >= 4 is 44.8 Å². The number of nitro groups is 2. The molecule has 2 amide bonds. The summed E-state index contributed by atoms with van der Waals surface area (Å²) in [7, 11) is 0. The van der Waals surface area contributed by atoms with Crippen LogP contribution in [0.1, 0.15) is 20.7 Å². The first kappa shape index (κ1) is 15.7. The number of carbonyl (C=O) groups is 2. The van der Waals surface area contributed by atoms with Gasteiger partial charge >= 0.3 is 5.69 Å². The second-order valence-corrected chi connectivity index (χ2v) is 5.66. The highest BCUT2D eigenvalue weighted by Crippen LogP contribution is 2.42. The van der Waals surface area contributed by atoms with E-state index in [9.17, 15) is 29.8 Å². The lowest BCUT2D eigenvalue weighted by molar-refractivity contribution is -0.393. The second-order valence-electron chi connectivity index (χ2n) is 4.80. The summed E-state index contributed by atoms with van der Waals surface area (Å²) in [5, 5.41) is 22.2. The van der Waals surface area contributed by atoms with Gasteiger partial charge in [-0.3, -0.25) is 29.8 Å². The van der Waals surface area contributed by atoms with Crippen LogP contribution >= 0.6 is 15.9 Å². The summed E-state index contributed by atoms with van der Waals surface area (Å²) >= 11 is 2.99. The molecule has 0 aliphatic carbocycles. The fourth-order valence-corrected chi connectivity index (χ4v) is 3.04. The maximum Gasteiger partial charge on any atom is 0.301 e. The molecule has 0 aromatic heterocycles. The monoisotopic (exact) mass is 391 g/mol. The van der Waals surface area contributed by atoms with E-state index < -0.39 is 33.0 Å². The number of hydrogen-bond acceptors (Lipinski definition) is 6. The zero-order valence-corrected chi connectivity index (χ0v) is 13.2. The first-order valence-electron chi connectivity index (χ1n) is 6.43. The molecule has 0 fully saturated rings. The molecule has 0 bridgehead atoms. The van der Waals surface area contributed by atoms with Gasteiger partial charge in [0, 0.05) is 6.07 Å². The van der Waals surface area contributed by atoms with Crippen molar-refractivity contribution in [1.29, 1.82) is 0 Å². The van der Waals surface area contributed by atoms with Crippen LogP contribution in [0, 0.1) is 20.2 Å². The SMILES string of the molecule is O=C1c2ccccc2C(=O)N1c1c(Br)cc([N+](=O)[O-])cc1[N+](=O)[O-]. The number of nitrogens with zero attached hydrogens (tertiary/aromatic N) is 3. The summed E-state index contributed by atoms with van der Waals surface area (Å²) < 4.78 is -0.0992. The van der Waals surface area contributed by atoms with E-state index >= 15 is 0 Å². The van der Waals surface area contributed by atoms with Crippen molar-refractivity contribution in [3.63, 3.8) is 0 Å². The van der Waals surface area contributed by atoms with Crippen LogP contribution in [0.4, 0.5) is 17.1 Å². The molecule has 24 heavy (non-hydrogen) atoms. The van der Waals surface area contributed by atoms with Gasteiger partial charge in [0.25, 0.3) is 17.5 Å². The third-order valence-electron chi connectivity index (χ3n) is 3.45. The number of rotatable bonds is 3. The molecule has 3 rings (SSSR count). The van der Waals surface area contributed by atoms with E-state index in [0.717, 1.165) is 6.07 Å². The Kier molecular flexibility index (Phi) is 3.60. The zero-order chi connectivity index (χ0) is 17.6. The molecule has 1 aliphatic rings. The number of hydrogen-bond donors (Lipinski definition) is 0. The third-order valence-corrected chi connectivity index (χ3v) is 4.06. The van der Waals surface area contributed by atoms with Gasteiger partial charge in [0.15, 0.2) is 0 Å². The number of amides is 2. The van der Waals surface area contributed by atoms with Gasteiger partial charge in [0.1, 0.15) is 5.69 Å². The Labute approximate surface area is 141 Å². The van der Waals surface area contributed by atoms with E-state index in [-0.39, 0.29) is 21.3 Å². The molecule has 9 nitrogen and oxygen atoms in total. The summed E-state index contributed by atoms with van der Waals surface area (Å²) in [6, 6.07) is 7.70. The van der Waals surface area contributed by atoms with Crippen molar-refractivity contribution in [2.75, 3.05) is 4.90 Å². The molecule has 0 radical (unpaired) electrons. The molecule has 0 saturated heterocycles. The van der Waals surface area contributed by atoms with Crippen molar-refractivity contribution < 1.29 is 19.4 Å². The van der Waals surface area contributed by atoms with Crippen LogP contribution in [0.3, 0.4) is 0 Å². The minimum atomic E-state index is -0.878. The third kappa shape index (κ3) is 2.24. The first-order chi connectivity index (χ1) is 11.3. The highest BCUT2D eigenvalue weighted by molar-refractivity contribution is 9.10. The van der Waals surface area contributed by atoms with Crippen molar-refractivity contribution in [3.05, 3.63) is 72.2 Å². The fourth-order valence-electron chi connectivity index (χ4n) is 2.43. The van der Waals surface area contributed by atoms with E-state index in [1.165, 1.54) is 12.1 Å². The molecule has 10 heteroatoms. The van der Waals surface area contributed by atoms with Gasteiger partial charge in [-0.25, -0.2) is 4.90 Å². The fraction of sp³-hybridized carbons (Fsp3) is 0. The van der Waals surface area contributed by atoms with Gasteiger partial charge in [0.05, 0.1) is 31.5 Å². The lowest BCUT2D eigenvalue weighted by atomic mass is 10.1. The first-order valence-corrected chi connectivity index (χ1v) is 7.22. The Morgan fingerprint density at radius 3 is 1.92 bits per heavy atom. The van der Waals surface area contributed by atoms with Crippen LogP contribution in [-0.4, -0.2) is 21.7 Å². The number of carbonyl (C=O) groups excluding carboxylic acids is 2. The van der Waals surface area contributed by atoms with Crippen LogP contribution in [0.25, 0.3) is 0 Å². The molecule has 0 unspecified atom stereocenters. The summed E-state index contributed by atoms with van der Waals surface area (Å²) in [6.45, 7) is 0. The van der Waals surface area contributed by atoms with Gasteiger partial charge in [-0.1, -0.05) is 12.1 Å². The lowest BCUT2D eigenvalue weighted by Gasteiger charge is -2.15. The summed E-state index contributed by atoms with van der Waals surface area (Å²) in [6.07, 6.45) is 0. The lowest BCUT2D eigenvalue weighted by Crippen LogP contribution is -2.30. The van der Waals surface area contributed by atoms with Gasteiger partial charge in [-0.2, -0.15) is 0 Å². The van der Waals surface area contributed by atoms with E-state index in [1.54, 1.807) is 12.1 Å². The molecule has 0 spiro atoms. The van der Waals surface area contributed by atoms with Gasteiger partial charge in [-0.05, 0) is 28.1 Å². The summed E-state index contributed by atoms with van der Waals surface area (Å²) in [5.74, 6) is -1.46. The Morgan fingerprint density at radius 2 is 1.46 bits per heavy atom. The van der Waals surface area contributed by atoms with E-state index in [2.05, 4.69) is 15.9 Å². The molecule has 1 aliphatic heterocycles. The number of halogens is 1. The van der Waals surface area contributed by atoms with Crippen LogP contribution in [0.15, 0.2) is 40.9 Å². The number of non-ortho nitro benzene ring substituents is 1. The van der Waals surface area contributed by atoms with E-state index in [1.807, 2.05) is 0 Å². The second kappa shape index (κ2) is 5.49. The highest BCUT2D eigenvalue weighted by atomic mass is 79.9. The topological polar surface area (TPSA) is 124 Å². The Balaban J connectivity index is 2.24. The smallest absolute Gasteiger partial charge is 0.268 e. The van der Waals surface area contributed by atoms with Gasteiger partial charge in [-0.15, -0.1) is 0 Å². The molecule has 1 heterocycles. The normalized spacial score (nSPS) is 13.1. The molecule has 0 N–H and O–H groups in total. The maximum absolute atomic E-state index is 12.5. The minimum Gasteiger partial charge on any atom is -0.268 e. The average molecular weight is 392 g/mol. The predicted octanol–water partition coefficient (Wildman–Crippen LogP) is 3.07. The van der Waals surface area contributed by atoms with E-state index in [4.69, 9.17) is 0 Å². The Morgan fingerprint density at radius 1 is 0.917 bits per heavy atom. The molecule has 2 aromatic rings. The van der Waals surface area contributed by atoms with Gasteiger partial charge in [0.2, 0.25) is 0 Å². The number of imide groups is 1. The molecule has 0 atom stereocenters. The largest absolute Gasteiger partial charge is 0.301 e. The highest BCUT2D eigenvalue weighted by Gasteiger charge is 2.41. The minimum absolute atomic E-state index is 0.0992. The number of benzene rings is 2. The quantitative estimate of drug-likeness (QED) is 0.449. The van der Waals surface area contributed by atoms with Crippen molar-refractivity contribution in [1.82, 2.24) is 0 Å². The van der Waals surface area contributed by atoms with Crippen LogP contribution in [0.5, 0.6) is 0 Å². The van der Waals surface area contributed by atoms with Crippen LogP contribution in [-0.2, 0) is 0 Å². The number of fused-ring (bicyclic) bond motifs is 1. The Bertz CT molecular complexity index is 907. The number of nitro benzene ring substituents is 2. The molecular weight excluding hydrogens is 386 g/mol. The van der Waals surface area contributed by atoms with Crippen molar-refractivity contribution in [3.8, 4) is 0 Å². The standard InChI is InChI=1S/C14H6BrN3O6/c15-10-5-7(17(21)22)6-11(18(23)24)12(10)16-13(19)8-3-1-2-4-9(8)14(16)20/h1-6H. The molecule has 2 aromatic carbocycles. The summed E-state index contributed by atoms with van der Waals surface area (Å²) in [4.78, 5) is 46.1. The zero-order valence-electron chi connectivity index (χ0n) is 11.6. The van der Waals surface area contributed by atoms with Crippen LogP contribution < -0.4 is 4.90 Å². The van der Waals surface area contributed by atoms with Crippen molar-refractivity contribution in [2.45, 2.75) is 0 Å². The van der Waals surface area contributed by atoms with Crippen molar-refractivity contribution in [2.24, 2.45) is 0 Å². The maximum atomic E-state index is 12.5. The molecular formula is C14H6BrN3O6. The number of anilines is 1. The predicted molar refractivity (Wildman–Crippen MR) is 85.0 cm³/mol. The Hall–Kier alpha value is -3.14. The molecule has 0 saturated carbocycles. The van der Waals surface area contributed by atoms with E-state index in [0.29, 0.717) is 11.0 Å².